The average molecular weight is 659 g/mol. The molecule has 0 radical (unpaired) electrons. The number of aromatic nitrogens is 2. The van der Waals surface area contributed by atoms with Gasteiger partial charge in [-0.25, -0.2) is 18.2 Å². The number of anilines is 2. The molecule has 2 aromatic carbocycles. The van der Waals surface area contributed by atoms with Gasteiger partial charge in [0.25, 0.3) is 11.8 Å². The molecule has 1 saturated carbocycles. The third-order valence-electron chi connectivity index (χ3n) is 8.15. The van der Waals surface area contributed by atoms with Crippen LogP contribution in [0.4, 0.5) is 24.7 Å². The lowest BCUT2D eigenvalue weighted by Crippen LogP contribution is -2.56. The Labute approximate surface area is 272 Å². The molecule has 9 nitrogen and oxygen atoms in total. The van der Waals surface area contributed by atoms with Crippen LogP contribution in [0.2, 0.25) is 5.02 Å². The molecule has 3 heterocycles. The topological polar surface area (TPSA) is 119 Å². The van der Waals surface area contributed by atoms with Gasteiger partial charge in [0.15, 0.2) is 0 Å². The number of benzene rings is 2. The molecule has 4 aromatic rings. The minimum atomic E-state index is -2.94. The molecule has 238 valence electrons. The molecule has 1 aliphatic heterocycles. The van der Waals surface area contributed by atoms with Gasteiger partial charge in [0.05, 0.1) is 11.6 Å². The van der Waals surface area contributed by atoms with Gasteiger partial charge < -0.3 is 5.32 Å². The van der Waals surface area contributed by atoms with E-state index in [1.165, 1.54) is 48.8 Å². The fourth-order valence-corrected chi connectivity index (χ4v) is 6.18. The van der Waals surface area contributed by atoms with E-state index in [1.807, 2.05) is 6.07 Å². The molecule has 2 aliphatic rings. The highest BCUT2D eigenvalue weighted by atomic mass is 35.5. The van der Waals surface area contributed by atoms with Crippen molar-refractivity contribution in [2.24, 2.45) is 0 Å². The first-order chi connectivity index (χ1) is 22.5. The number of nitrogens with one attached hydrogen (secondary N) is 1. The summed E-state index contributed by atoms with van der Waals surface area (Å²) >= 11 is 6.60. The molecule has 3 amide bonds. The van der Waals surface area contributed by atoms with Crippen LogP contribution < -0.4 is 15.1 Å². The number of carbonyl (C=O) groups is 3. The minimum absolute atomic E-state index is 0.0170. The third kappa shape index (κ3) is 6.53. The average Bonchev–Trinajstić information content (AvgIpc) is 3.44. The Balaban J connectivity index is 1.51. The fraction of sp³-hybridized carbons (Fsp3) is 0.235. The van der Waals surface area contributed by atoms with Crippen molar-refractivity contribution < 1.29 is 27.6 Å². The summed E-state index contributed by atoms with van der Waals surface area (Å²) in [6.45, 7) is 0. The van der Waals surface area contributed by atoms with E-state index in [4.69, 9.17) is 11.6 Å². The SMILES string of the molecule is N#Cc1ccnc(N2C(=O)CCC2C(=O)N(c2cc(F)cc(-c3cccnc3)c2)C(C(=O)NC2CC(F)(F)C2)c2ccccc2Cl)c1. The van der Waals surface area contributed by atoms with E-state index in [9.17, 15) is 28.4 Å². The maximum absolute atomic E-state index is 15.4. The fourth-order valence-electron chi connectivity index (χ4n) is 5.94. The van der Waals surface area contributed by atoms with Crippen molar-refractivity contribution >= 4 is 40.8 Å². The minimum Gasteiger partial charge on any atom is -0.351 e. The zero-order valence-electron chi connectivity index (χ0n) is 24.6. The molecule has 2 atom stereocenters. The number of pyridine rings is 2. The van der Waals surface area contributed by atoms with E-state index < -0.39 is 60.4 Å². The lowest BCUT2D eigenvalue weighted by Gasteiger charge is -2.39. The number of carbonyl (C=O) groups excluding carboxylic acids is 3. The molecule has 6 rings (SSSR count). The van der Waals surface area contributed by atoms with Crippen LogP contribution in [0.25, 0.3) is 11.1 Å². The largest absolute Gasteiger partial charge is 0.351 e. The third-order valence-corrected chi connectivity index (χ3v) is 8.50. The van der Waals surface area contributed by atoms with Crippen molar-refractivity contribution in [3.63, 3.8) is 0 Å². The molecule has 2 unspecified atom stereocenters. The maximum Gasteiger partial charge on any atom is 0.252 e. The number of alkyl halides is 2. The standard InChI is InChI=1S/C34H26ClF3N6O3/c35-27-6-2-1-5-26(27)31(32(46)42-24-16-34(37,38)17-24)43(25-14-22(13-23(36)15-25)21-4-3-10-40-19-21)33(47)28-7-8-30(45)44(28)29-12-20(18-39)9-11-41-29/h1-6,9-15,19,24,28,31H,7-8,16-17H2,(H,42,46). The zero-order chi connectivity index (χ0) is 33.3. The Hall–Kier alpha value is -5.28. The van der Waals surface area contributed by atoms with Crippen LogP contribution in [-0.4, -0.2) is 45.7 Å². The molecule has 13 heteroatoms. The van der Waals surface area contributed by atoms with Gasteiger partial charge >= 0.3 is 0 Å². The van der Waals surface area contributed by atoms with Crippen molar-refractivity contribution in [1.82, 2.24) is 15.3 Å². The van der Waals surface area contributed by atoms with Crippen LogP contribution in [0.1, 0.15) is 42.9 Å². The molecular weight excluding hydrogens is 633 g/mol. The Morgan fingerprint density at radius 3 is 2.55 bits per heavy atom. The van der Waals surface area contributed by atoms with Gasteiger partial charge in [-0.3, -0.25) is 29.2 Å². The predicted octanol–water partition coefficient (Wildman–Crippen LogP) is 5.99. The first-order valence-corrected chi connectivity index (χ1v) is 15.1. The zero-order valence-corrected chi connectivity index (χ0v) is 25.4. The summed E-state index contributed by atoms with van der Waals surface area (Å²) in [5.41, 5.74) is 1.16. The quantitative estimate of drug-likeness (QED) is 0.248. The second-order valence-electron chi connectivity index (χ2n) is 11.4. The van der Waals surface area contributed by atoms with Crippen LogP contribution in [0, 0.1) is 17.1 Å². The monoisotopic (exact) mass is 658 g/mol. The van der Waals surface area contributed by atoms with Gasteiger partial charge in [-0.1, -0.05) is 35.9 Å². The van der Waals surface area contributed by atoms with Crippen molar-refractivity contribution in [3.05, 3.63) is 107 Å². The highest BCUT2D eigenvalue weighted by molar-refractivity contribution is 6.31. The summed E-state index contributed by atoms with van der Waals surface area (Å²) in [6, 6.07) is 14.5. The Kier molecular flexibility index (Phi) is 8.66. The molecule has 0 spiro atoms. The van der Waals surface area contributed by atoms with Crippen molar-refractivity contribution in [1.29, 1.82) is 5.26 Å². The van der Waals surface area contributed by atoms with Crippen molar-refractivity contribution in [2.45, 2.75) is 49.7 Å². The molecule has 2 aromatic heterocycles. The smallest absolute Gasteiger partial charge is 0.252 e. The highest BCUT2D eigenvalue weighted by Gasteiger charge is 2.48. The second kappa shape index (κ2) is 12.8. The van der Waals surface area contributed by atoms with Gasteiger partial charge in [0.2, 0.25) is 11.8 Å². The van der Waals surface area contributed by atoms with E-state index in [1.54, 1.807) is 30.5 Å². The number of hydrogen-bond donors (Lipinski definition) is 1. The summed E-state index contributed by atoms with van der Waals surface area (Å²) in [5, 5.41) is 12.2. The van der Waals surface area contributed by atoms with Gasteiger partial charge in [0, 0.05) is 65.7 Å². The molecule has 2 fully saturated rings. The van der Waals surface area contributed by atoms with E-state index in [0.717, 1.165) is 15.9 Å². The Morgan fingerprint density at radius 2 is 1.85 bits per heavy atom. The summed E-state index contributed by atoms with van der Waals surface area (Å²) in [5.74, 6) is -5.67. The first kappa shape index (κ1) is 31.7. The highest BCUT2D eigenvalue weighted by Crippen LogP contribution is 2.40. The van der Waals surface area contributed by atoms with Crippen LogP contribution in [0.15, 0.2) is 85.3 Å². The van der Waals surface area contributed by atoms with E-state index in [0.29, 0.717) is 11.1 Å². The maximum atomic E-state index is 15.4. The summed E-state index contributed by atoms with van der Waals surface area (Å²) in [7, 11) is 0. The predicted molar refractivity (Wildman–Crippen MR) is 167 cm³/mol. The molecule has 1 aliphatic carbocycles. The second-order valence-corrected chi connectivity index (χ2v) is 11.8. The van der Waals surface area contributed by atoms with Crippen LogP contribution in [0.5, 0.6) is 0 Å². The normalized spacial score (nSPS) is 17.8. The van der Waals surface area contributed by atoms with Crippen LogP contribution >= 0.6 is 11.6 Å². The van der Waals surface area contributed by atoms with Gasteiger partial charge in [-0.05, 0) is 54.4 Å². The summed E-state index contributed by atoms with van der Waals surface area (Å²) in [6.07, 6.45) is 3.18. The van der Waals surface area contributed by atoms with Crippen LogP contribution in [0.3, 0.4) is 0 Å². The molecule has 0 bridgehead atoms. The van der Waals surface area contributed by atoms with Crippen molar-refractivity contribution in [2.75, 3.05) is 9.80 Å². The number of nitriles is 1. The summed E-state index contributed by atoms with van der Waals surface area (Å²) < 4.78 is 43.0. The van der Waals surface area contributed by atoms with Crippen molar-refractivity contribution in [3.8, 4) is 17.2 Å². The van der Waals surface area contributed by atoms with Gasteiger partial charge in [0.1, 0.15) is 23.7 Å². The molecular formula is C34H26ClF3N6O3. The van der Waals surface area contributed by atoms with E-state index in [2.05, 4.69) is 15.3 Å². The van der Waals surface area contributed by atoms with E-state index >= 15 is 4.39 Å². The molecule has 1 saturated heterocycles. The number of hydrogen-bond acceptors (Lipinski definition) is 6. The number of nitrogens with zero attached hydrogens (tertiary/aromatic N) is 5. The lowest BCUT2D eigenvalue weighted by molar-refractivity contribution is -0.133. The molecule has 1 N–H and O–H groups in total. The Morgan fingerprint density at radius 1 is 1.06 bits per heavy atom. The molecule has 47 heavy (non-hydrogen) atoms. The summed E-state index contributed by atoms with van der Waals surface area (Å²) in [4.78, 5) is 52.7. The van der Waals surface area contributed by atoms with E-state index in [-0.39, 0.29) is 40.5 Å². The number of amides is 3. The lowest BCUT2D eigenvalue weighted by atomic mass is 9.87. The number of halogens is 4. The number of rotatable bonds is 8. The Bertz CT molecular complexity index is 1900. The van der Waals surface area contributed by atoms with Gasteiger partial charge in [-0.15, -0.1) is 0 Å². The first-order valence-electron chi connectivity index (χ1n) is 14.7. The van der Waals surface area contributed by atoms with Gasteiger partial charge in [-0.2, -0.15) is 5.26 Å². The van der Waals surface area contributed by atoms with Crippen LogP contribution in [-0.2, 0) is 14.4 Å².